The third kappa shape index (κ3) is 7.69. The minimum Gasteiger partial charge on any atom is -0.495 e. The second-order valence-electron chi connectivity index (χ2n) is 19.2. The molecule has 68 heavy (non-hydrogen) atoms. The molecule has 0 aromatic heterocycles. The largest absolute Gasteiger partial charge is 0.495 e. The van der Waals surface area contributed by atoms with Crippen molar-refractivity contribution in [1.29, 1.82) is 0 Å². The Balaban J connectivity index is 0.905. The zero-order valence-electron chi connectivity index (χ0n) is 38.6. The number of aliphatic hydroxyl groups is 2. The van der Waals surface area contributed by atoms with Crippen LogP contribution in [-0.4, -0.2) is 125 Å². The predicted octanol–water partition coefficient (Wildman–Crippen LogP) is 3.22. The van der Waals surface area contributed by atoms with Crippen molar-refractivity contribution in [3.63, 3.8) is 0 Å². The summed E-state index contributed by atoms with van der Waals surface area (Å²) >= 11 is 0. The van der Waals surface area contributed by atoms with Gasteiger partial charge in [0.05, 0.1) is 25.0 Å². The van der Waals surface area contributed by atoms with Gasteiger partial charge >= 0.3 is 0 Å². The number of methoxy groups -OCH3 is 1. The summed E-state index contributed by atoms with van der Waals surface area (Å²) in [6, 6.07) is 10.6. The molecule has 362 valence electrons. The highest BCUT2D eigenvalue weighted by molar-refractivity contribution is 6.13. The van der Waals surface area contributed by atoms with Gasteiger partial charge < -0.3 is 40.0 Å². The Bertz CT molecular complexity index is 2530. The highest BCUT2D eigenvalue weighted by Crippen LogP contribution is 2.72. The number of nitrogens with zero attached hydrogens (tertiary/aromatic N) is 2. The van der Waals surface area contributed by atoms with Crippen LogP contribution in [0.2, 0.25) is 0 Å². The maximum Gasteiger partial charge on any atom is 0.253 e. The molecule has 0 spiro atoms. The molecule has 2 aromatic carbocycles. The van der Waals surface area contributed by atoms with Crippen LogP contribution in [0.3, 0.4) is 0 Å². The van der Waals surface area contributed by atoms with E-state index in [0.717, 1.165) is 34.3 Å². The molecule has 0 bridgehead atoms. The van der Waals surface area contributed by atoms with Crippen LogP contribution in [-0.2, 0) is 49.5 Å². The average molecular weight is 943 g/mol. The lowest BCUT2D eigenvalue weighted by Gasteiger charge is -2.63. The van der Waals surface area contributed by atoms with E-state index >= 15 is 8.78 Å². The van der Waals surface area contributed by atoms with Gasteiger partial charge in [-0.2, -0.15) is 0 Å². The molecule has 5 amide bonds. The molecule has 2 heterocycles. The fourth-order valence-corrected chi connectivity index (χ4v) is 11.9. The standard InChI is InChI=1S/C50H56F2N4O12/c1-26(53-41(61)16-18-56-42(62)13-14-43(56)63)44(64)54-27(2)45(65)55(5)36-12-9-29(20-37(36)66-6)19-28-7-10-30(11-8-28)46-67-40-23-32-33-22-35(51)34-21-31(58)15-17-47(34,3)49(33,52)38(59)24-48(32,4)50(40,68-46)39(60)25-57/h7-15,17,20-21,26-27,32-33,35,38,40,46,57,59H,16,18-19,22-25H2,1-6H3,(H,53,61)(H,54,64)/t26-,27-,32?,33-,35-,38-,40+,46+,47-,48-,49-,50+/m0/s1. The Morgan fingerprint density at radius 2 is 1.63 bits per heavy atom. The summed E-state index contributed by atoms with van der Waals surface area (Å²) < 4.78 is 52.5. The molecule has 18 heteroatoms. The molecule has 4 fully saturated rings. The van der Waals surface area contributed by atoms with Crippen molar-refractivity contribution in [2.75, 3.05) is 32.2 Å². The zero-order valence-corrected chi connectivity index (χ0v) is 38.6. The summed E-state index contributed by atoms with van der Waals surface area (Å²) in [5.41, 5.74) is -4.29. The number of carbonyl (C=O) groups excluding carboxylic acids is 7. The van der Waals surface area contributed by atoms with Crippen LogP contribution >= 0.6 is 0 Å². The smallest absolute Gasteiger partial charge is 0.253 e. The van der Waals surface area contributed by atoms with Crippen LogP contribution in [0.4, 0.5) is 14.5 Å². The highest BCUT2D eigenvalue weighted by atomic mass is 19.1. The van der Waals surface area contributed by atoms with Crippen molar-refractivity contribution in [2.24, 2.45) is 22.7 Å². The summed E-state index contributed by atoms with van der Waals surface area (Å²) in [5.74, 6) is -5.16. The number of anilines is 1. The van der Waals surface area contributed by atoms with E-state index < -0.39 is 118 Å². The van der Waals surface area contributed by atoms with Crippen LogP contribution < -0.4 is 20.3 Å². The first-order valence-corrected chi connectivity index (χ1v) is 22.7. The van der Waals surface area contributed by atoms with Gasteiger partial charge in [-0.3, -0.25) is 38.5 Å². The van der Waals surface area contributed by atoms with Crippen LogP contribution in [0.15, 0.2) is 78.4 Å². The molecule has 3 saturated carbocycles. The molecular weight excluding hydrogens is 887 g/mol. The SMILES string of the molecule is COc1cc(Cc2ccc([C@@H]3O[C@@H]4CC5[C@@H]6C[C@H](F)C7=CC(=O)C=C[C@]7(C)[C@@]6(F)[C@@H](O)C[C@]5(C)[C@]4(C(=O)CO)O3)cc2)ccc1N(C)C(=O)[C@H](C)NC(=O)[C@H](C)NC(=O)CCN1C(=O)C=CC1=O. The number of nitrogens with one attached hydrogen (secondary N) is 2. The lowest BCUT2D eigenvalue weighted by atomic mass is 9.44. The number of fused-ring (bicyclic) bond motifs is 7. The van der Waals surface area contributed by atoms with Gasteiger partial charge in [-0.05, 0) is 93.4 Å². The van der Waals surface area contributed by atoms with E-state index in [1.54, 1.807) is 31.2 Å². The number of alkyl halides is 2. The molecular formula is C50H56F2N4O12. The van der Waals surface area contributed by atoms with Crippen LogP contribution in [0, 0.1) is 22.7 Å². The number of benzene rings is 2. The van der Waals surface area contributed by atoms with Crippen molar-refractivity contribution in [2.45, 2.75) is 108 Å². The molecule has 16 nitrogen and oxygen atoms in total. The minimum absolute atomic E-state index is 0.00413. The second-order valence-corrected chi connectivity index (χ2v) is 19.2. The van der Waals surface area contributed by atoms with E-state index in [2.05, 4.69) is 10.6 Å². The van der Waals surface area contributed by atoms with Crippen LogP contribution in [0.25, 0.3) is 0 Å². The van der Waals surface area contributed by atoms with E-state index in [9.17, 15) is 43.8 Å². The van der Waals surface area contributed by atoms with E-state index in [-0.39, 0.29) is 37.8 Å². The number of hydrogen-bond acceptors (Lipinski definition) is 12. The maximum atomic E-state index is 17.8. The van der Waals surface area contributed by atoms with Gasteiger partial charge in [0.1, 0.15) is 30.6 Å². The van der Waals surface area contributed by atoms with Gasteiger partial charge in [-0.1, -0.05) is 43.3 Å². The first kappa shape index (κ1) is 48.5. The lowest BCUT2D eigenvalue weighted by Crippen LogP contribution is -2.70. The van der Waals surface area contributed by atoms with Gasteiger partial charge in [-0.25, -0.2) is 8.78 Å². The Labute approximate surface area is 391 Å². The third-order valence-electron chi connectivity index (χ3n) is 15.5. The van der Waals surface area contributed by atoms with Crippen LogP contribution in [0.5, 0.6) is 5.75 Å². The number of Topliss-reactive ketones (excluding diaryl/α,β-unsaturated/α-hetero) is 1. The topological polar surface area (TPSA) is 218 Å². The molecule has 2 aliphatic heterocycles. The quantitative estimate of drug-likeness (QED) is 0.201. The number of imide groups is 1. The number of aliphatic hydroxyl groups excluding tert-OH is 2. The maximum absolute atomic E-state index is 17.8. The summed E-state index contributed by atoms with van der Waals surface area (Å²) in [5, 5.41) is 27.3. The summed E-state index contributed by atoms with van der Waals surface area (Å²) in [4.78, 5) is 90.8. The van der Waals surface area contributed by atoms with E-state index in [1.165, 1.54) is 52.0 Å². The average Bonchev–Trinajstić information content (AvgIpc) is 3.94. The van der Waals surface area contributed by atoms with Gasteiger partial charge in [0.2, 0.25) is 17.7 Å². The van der Waals surface area contributed by atoms with Gasteiger partial charge in [0, 0.05) is 54.5 Å². The predicted molar refractivity (Wildman–Crippen MR) is 239 cm³/mol. The first-order valence-electron chi connectivity index (χ1n) is 22.7. The van der Waals surface area contributed by atoms with Crippen molar-refractivity contribution < 1.29 is 66.8 Å². The number of rotatable bonds is 14. The van der Waals surface area contributed by atoms with Gasteiger partial charge in [0.25, 0.3) is 11.8 Å². The second kappa shape index (κ2) is 17.9. The fraction of sp³-hybridized carbons (Fsp3) is 0.500. The molecule has 1 unspecified atom stereocenters. The van der Waals surface area contributed by atoms with Gasteiger partial charge in [0.15, 0.2) is 29.1 Å². The van der Waals surface area contributed by atoms with E-state index in [4.69, 9.17) is 14.2 Å². The van der Waals surface area contributed by atoms with E-state index in [0.29, 0.717) is 23.4 Å². The Kier molecular flexibility index (Phi) is 12.7. The van der Waals surface area contributed by atoms with Crippen molar-refractivity contribution in [1.82, 2.24) is 15.5 Å². The number of carbonyl (C=O) groups is 7. The molecule has 4 aliphatic carbocycles. The molecule has 0 radical (unpaired) electrons. The third-order valence-corrected chi connectivity index (χ3v) is 15.5. The first-order chi connectivity index (χ1) is 32.1. The number of ketones is 2. The zero-order chi connectivity index (χ0) is 49.2. The highest BCUT2D eigenvalue weighted by Gasteiger charge is 2.80. The molecule has 4 N–H and O–H groups in total. The Morgan fingerprint density at radius 1 is 0.956 bits per heavy atom. The normalized spacial score (nSPS) is 33.2. The number of halogens is 2. The monoisotopic (exact) mass is 942 g/mol. The number of amides is 5. The van der Waals surface area contributed by atoms with Crippen molar-refractivity contribution >= 4 is 46.8 Å². The van der Waals surface area contributed by atoms with Crippen molar-refractivity contribution in [3.8, 4) is 5.75 Å². The summed E-state index contributed by atoms with van der Waals surface area (Å²) in [6.07, 6.45) is 0.410. The number of hydrogen-bond donors (Lipinski definition) is 4. The minimum atomic E-state index is -2.36. The number of ether oxygens (including phenoxy) is 3. The molecule has 2 aromatic rings. The van der Waals surface area contributed by atoms with Gasteiger partial charge in [-0.15, -0.1) is 0 Å². The Hall–Kier alpha value is -5.95. The van der Waals surface area contributed by atoms with Crippen LogP contribution in [0.1, 0.15) is 76.4 Å². The molecule has 12 atom stereocenters. The number of allylic oxidation sites excluding steroid dienone is 4. The van der Waals surface area contributed by atoms with Crippen molar-refractivity contribution in [3.05, 3.63) is 95.1 Å². The molecule has 6 aliphatic rings. The summed E-state index contributed by atoms with van der Waals surface area (Å²) in [7, 11) is 3.00. The number of likely N-dealkylation sites (N-methyl/N-ethyl adjacent to an activating group) is 1. The molecule has 8 rings (SSSR count). The molecule has 1 saturated heterocycles. The lowest BCUT2D eigenvalue weighted by molar-refractivity contribution is -0.235. The fourth-order valence-electron chi connectivity index (χ4n) is 11.9. The van der Waals surface area contributed by atoms with E-state index in [1.807, 2.05) is 18.2 Å². The summed E-state index contributed by atoms with van der Waals surface area (Å²) in [6.45, 7) is 5.15. The Morgan fingerprint density at radius 3 is 2.29 bits per heavy atom.